The van der Waals surface area contributed by atoms with E-state index >= 15 is 0 Å². The summed E-state index contributed by atoms with van der Waals surface area (Å²) in [5.74, 6) is 0. The fraction of sp³-hybridized carbons (Fsp3) is 0.562. The molecule has 0 unspecified atom stereocenters. The Morgan fingerprint density at radius 3 is 2.63 bits per heavy atom. The zero-order valence-corrected chi connectivity index (χ0v) is 12.0. The Hall–Kier alpha value is -1.37. The largest absolute Gasteiger partial charge is 0.304 e. The van der Waals surface area contributed by atoms with Gasteiger partial charge in [-0.1, -0.05) is 19.9 Å². The molecule has 0 bridgehead atoms. The fourth-order valence-electron chi connectivity index (χ4n) is 2.75. The molecule has 0 N–H and O–H groups in total. The molecule has 0 amide bonds. The summed E-state index contributed by atoms with van der Waals surface area (Å²) >= 11 is 0. The van der Waals surface area contributed by atoms with Crippen LogP contribution in [0.1, 0.15) is 37.0 Å². The zero-order valence-electron chi connectivity index (χ0n) is 12.0. The minimum Gasteiger partial charge on any atom is -0.304 e. The van der Waals surface area contributed by atoms with Crippen molar-refractivity contribution in [2.75, 3.05) is 26.2 Å². The average molecular weight is 257 g/mol. The summed E-state index contributed by atoms with van der Waals surface area (Å²) < 4.78 is 0. The van der Waals surface area contributed by atoms with Gasteiger partial charge in [-0.05, 0) is 49.3 Å². The molecule has 1 aliphatic rings. The predicted molar refractivity (Wildman–Crippen MR) is 77.7 cm³/mol. The molecule has 0 aliphatic carbocycles. The van der Waals surface area contributed by atoms with Crippen LogP contribution in [0.2, 0.25) is 0 Å². The minimum absolute atomic E-state index is 0.781. The van der Waals surface area contributed by atoms with Gasteiger partial charge < -0.3 is 4.90 Å². The molecule has 0 atom stereocenters. The molecule has 1 aliphatic heterocycles. The van der Waals surface area contributed by atoms with E-state index in [9.17, 15) is 0 Å². The maximum atomic E-state index is 8.92. The molecule has 3 heteroatoms. The topological polar surface area (TPSA) is 30.3 Å². The van der Waals surface area contributed by atoms with Crippen LogP contribution >= 0.6 is 0 Å². The van der Waals surface area contributed by atoms with E-state index in [2.05, 4.69) is 35.8 Å². The van der Waals surface area contributed by atoms with Crippen molar-refractivity contribution in [2.45, 2.75) is 33.4 Å². The Morgan fingerprint density at radius 1 is 1.21 bits per heavy atom. The van der Waals surface area contributed by atoms with Crippen LogP contribution in [0.5, 0.6) is 0 Å². The van der Waals surface area contributed by atoms with E-state index in [1.165, 1.54) is 24.1 Å². The van der Waals surface area contributed by atoms with Gasteiger partial charge in [0.05, 0.1) is 11.6 Å². The molecule has 102 valence electrons. The van der Waals surface area contributed by atoms with Gasteiger partial charge in [0, 0.05) is 19.6 Å². The second-order valence-corrected chi connectivity index (χ2v) is 5.19. The molecule has 0 spiro atoms. The number of benzene rings is 1. The molecule has 1 aromatic carbocycles. The van der Waals surface area contributed by atoms with Crippen molar-refractivity contribution in [3.63, 3.8) is 0 Å². The van der Waals surface area contributed by atoms with Gasteiger partial charge in [-0.3, -0.25) is 4.90 Å². The van der Waals surface area contributed by atoms with Gasteiger partial charge in [0.25, 0.3) is 0 Å². The van der Waals surface area contributed by atoms with Gasteiger partial charge in [-0.15, -0.1) is 0 Å². The van der Waals surface area contributed by atoms with E-state index in [0.29, 0.717) is 0 Å². The first-order valence-corrected chi connectivity index (χ1v) is 7.23. The molecule has 0 saturated carbocycles. The second-order valence-electron chi connectivity index (χ2n) is 5.19. The molecule has 3 nitrogen and oxygen atoms in total. The normalized spacial score (nSPS) is 14.6. The smallest absolute Gasteiger partial charge is 0.0991 e. The monoisotopic (exact) mass is 257 g/mol. The predicted octanol–water partition coefficient (Wildman–Crippen LogP) is 2.61. The Kier molecular flexibility index (Phi) is 4.95. The van der Waals surface area contributed by atoms with E-state index in [1.807, 2.05) is 12.1 Å². The van der Waals surface area contributed by atoms with E-state index in [-0.39, 0.29) is 0 Å². The summed E-state index contributed by atoms with van der Waals surface area (Å²) in [6, 6.07) is 8.30. The van der Waals surface area contributed by atoms with Crippen LogP contribution in [0.25, 0.3) is 0 Å². The highest BCUT2D eigenvalue weighted by molar-refractivity contribution is 5.39. The zero-order chi connectivity index (χ0) is 13.7. The van der Waals surface area contributed by atoms with Crippen molar-refractivity contribution in [2.24, 2.45) is 0 Å². The fourth-order valence-corrected chi connectivity index (χ4v) is 2.75. The maximum Gasteiger partial charge on any atom is 0.0991 e. The van der Waals surface area contributed by atoms with Gasteiger partial charge in [-0.2, -0.15) is 5.26 Å². The highest BCUT2D eigenvalue weighted by Crippen LogP contribution is 2.23. The average Bonchev–Trinajstić information content (AvgIpc) is 2.85. The van der Waals surface area contributed by atoms with Crippen LogP contribution in [-0.4, -0.2) is 36.0 Å². The molecule has 0 fully saturated rings. The van der Waals surface area contributed by atoms with Crippen molar-refractivity contribution in [3.8, 4) is 6.07 Å². The van der Waals surface area contributed by atoms with Crippen molar-refractivity contribution >= 4 is 0 Å². The van der Waals surface area contributed by atoms with Gasteiger partial charge in [-0.25, -0.2) is 0 Å². The molecule has 2 rings (SSSR count). The summed E-state index contributed by atoms with van der Waals surface area (Å²) in [6.45, 7) is 11.1. The van der Waals surface area contributed by atoms with Crippen molar-refractivity contribution < 1.29 is 0 Å². The van der Waals surface area contributed by atoms with Crippen molar-refractivity contribution in [1.82, 2.24) is 9.80 Å². The molecule has 0 radical (unpaired) electrons. The van der Waals surface area contributed by atoms with Crippen LogP contribution in [0.3, 0.4) is 0 Å². The molecular formula is C16H23N3. The first-order valence-electron chi connectivity index (χ1n) is 7.23. The highest BCUT2D eigenvalue weighted by atomic mass is 15.2. The first-order chi connectivity index (χ1) is 9.26. The number of nitriles is 1. The molecular weight excluding hydrogens is 234 g/mol. The standard InChI is InChI=1S/C16H23N3/c1-3-18(4-2)8-5-9-19-12-15-7-6-14(11-17)10-16(15)13-19/h6-7,10H,3-5,8-9,12-13H2,1-2H3. The number of hydrogen-bond acceptors (Lipinski definition) is 3. The summed E-state index contributed by atoms with van der Waals surface area (Å²) in [5, 5.41) is 8.92. The Bertz CT molecular complexity index is 458. The lowest BCUT2D eigenvalue weighted by atomic mass is 10.1. The Morgan fingerprint density at radius 2 is 1.95 bits per heavy atom. The number of nitrogens with zero attached hydrogens (tertiary/aromatic N) is 3. The van der Waals surface area contributed by atoms with E-state index in [1.54, 1.807) is 0 Å². The first kappa shape index (κ1) is 14.0. The summed E-state index contributed by atoms with van der Waals surface area (Å²) in [4.78, 5) is 4.95. The highest BCUT2D eigenvalue weighted by Gasteiger charge is 2.18. The number of rotatable bonds is 6. The van der Waals surface area contributed by atoms with Gasteiger partial charge >= 0.3 is 0 Å². The van der Waals surface area contributed by atoms with Gasteiger partial charge in [0.1, 0.15) is 0 Å². The molecule has 0 aromatic heterocycles. The molecule has 19 heavy (non-hydrogen) atoms. The van der Waals surface area contributed by atoms with Gasteiger partial charge in [0.15, 0.2) is 0 Å². The molecule has 1 aromatic rings. The third-order valence-corrected chi connectivity index (χ3v) is 3.97. The second kappa shape index (κ2) is 6.70. The lowest BCUT2D eigenvalue weighted by Gasteiger charge is -2.20. The Balaban J connectivity index is 1.82. The SMILES string of the molecule is CCN(CC)CCCN1Cc2ccc(C#N)cc2C1. The summed E-state index contributed by atoms with van der Waals surface area (Å²) in [5.41, 5.74) is 3.51. The van der Waals surface area contributed by atoms with Crippen molar-refractivity contribution in [3.05, 3.63) is 34.9 Å². The van der Waals surface area contributed by atoms with E-state index < -0.39 is 0 Å². The van der Waals surface area contributed by atoms with E-state index in [0.717, 1.165) is 38.3 Å². The minimum atomic E-state index is 0.781. The van der Waals surface area contributed by atoms with Crippen LogP contribution in [0.15, 0.2) is 18.2 Å². The molecule has 0 saturated heterocycles. The Labute approximate surface area is 116 Å². The van der Waals surface area contributed by atoms with Crippen molar-refractivity contribution in [1.29, 1.82) is 5.26 Å². The van der Waals surface area contributed by atoms with Crippen LogP contribution in [-0.2, 0) is 13.1 Å². The maximum absolute atomic E-state index is 8.92. The van der Waals surface area contributed by atoms with Crippen LogP contribution < -0.4 is 0 Å². The number of fused-ring (bicyclic) bond motifs is 1. The molecule has 1 heterocycles. The van der Waals surface area contributed by atoms with Gasteiger partial charge in [0.2, 0.25) is 0 Å². The lowest BCUT2D eigenvalue weighted by Crippen LogP contribution is -2.27. The van der Waals surface area contributed by atoms with E-state index in [4.69, 9.17) is 5.26 Å². The quantitative estimate of drug-likeness (QED) is 0.784. The summed E-state index contributed by atoms with van der Waals surface area (Å²) in [6.07, 6.45) is 1.22. The number of hydrogen-bond donors (Lipinski definition) is 0. The summed E-state index contributed by atoms with van der Waals surface area (Å²) in [7, 11) is 0. The lowest BCUT2D eigenvalue weighted by molar-refractivity contribution is 0.240. The third-order valence-electron chi connectivity index (χ3n) is 3.97. The van der Waals surface area contributed by atoms with Crippen LogP contribution in [0.4, 0.5) is 0 Å². The third kappa shape index (κ3) is 3.56. The van der Waals surface area contributed by atoms with Crippen LogP contribution in [0, 0.1) is 11.3 Å².